The van der Waals surface area contributed by atoms with Crippen LogP contribution in [-0.2, 0) is 4.79 Å². The normalized spacial score (nSPS) is 17.0. The Kier molecular flexibility index (Phi) is 7.28. The van der Waals surface area contributed by atoms with Crippen molar-refractivity contribution < 1.29 is 27.2 Å². The number of nitrogens with zero attached hydrogens (tertiary/aromatic N) is 7. The van der Waals surface area contributed by atoms with Crippen LogP contribution in [0.2, 0.25) is 0 Å². The van der Waals surface area contributed by atoms with Gasteiger partial charge in [0.05, 0.1) is 6.04 Å². The van der Waals surface area contributed by atoms with E-state index >= 15 is 0 Å². The van der Waals surface area contributed by atoms with E-state index in [1.807, 2.05) is 35.2 Å². The highest BCUT2D eigenvalue weighted by molar-refractivity contribution is 6.00. The molecule has 7 rings (SSSR count). The summed E-state index contributed by atoms with van der Waals surface area (Å²) in [5.41, 5.74) is 0.982. The number of anilines is 1. The predicted molar refractivity (Wildman–Crippen MR) is 156 cm³/mol. The van der Waals surface area contributed by atoms with Crippen LogP contribution >= 0.6 is 0 Å². The summed E-state index contributed by atoms with van der Waals surface area (Å²) in [6, 6.07) is 19.1. The summed E-state index contributed by atoms with van der Waals surface area (Å²) in [4.78, 5) is 33.9. The molecule has 5 aromatic rings. The number of carbonyl (C=O) groups is 2. The third-order valence-electron chi connectivity index (χ3n) is 8.08. The van der Waals surface area contributed by atoms with Gasteiger partial charge in [-0.1, -0.05) is 35.1 Å². The number of hydrogen-bond donors (Lipinski definition) is 1. The van der Waals surface area contributed by atoms with E-state index in [1.54, 1.807) is 41.3 Å². The fourth-order valence-electron chi connectivity index (χ4n) is 5.48. The molecule has 1 atom stereocenters. The number of carbonyl (C=O) groups excluding carboxylic acids is 2. The summed E-state index contributed by atoms with van der Waals surface area (Å²) in [5.74, 6) is -0.231. The molecule has 2 amide bonds. The number of hydrogen-bond acceptors (Lipinski definition) is 8. The molecule has 1 aliphatic heterocycles. The van der Waals surface area contributed by atoms with Crippen molar-refractivity contribution in [2.45, 2.75) is 31.1 Å². The van der Waals surface area contributed by atoms with Crippen molar-refractivity contribution in [1.29, 1.82) is 0 Å². The molecule has 4 heterocycles. The number of piperazine rings is 1. The highest BCUT2D eigenvalue weighted by Crippen LogP contribution is 2.41. The number of halogens is 3. The summed E-state index contributed by atoms with van der Waals surface area (Å²) in [6.07, 6.45) is 2.00. The highest BCUT2D eigenvalue weighted by Gasteiger charge is 2.50. The molecule has 1 aliphatic carbocycles. The van der Waals surface area contributed by atoms with Crippen LogP contribution in [0.15, 0.2) is 77.3 Å². The minimum atomic E-state index is -2.90. The fourth-order valence-corrected chi connectivity index (χ4v) is 5.48. The lowest BCUT2D eigenvalue weighted by Gasteiger charge is -2.38. The number of rotatable bonds is 8. The second kappa shape index (κ2) is 11.4. The first-order chi connectivity index (χ1) is 21.8. The molecular weight excluding hydrogens is 589 g/mol. The predicted octanol–water partition coefficient (Wildman–Crippen LogP) is 4.86. The van der Waals surface area contributed by atoms with Crippen LogP contribution in [0.3, 0.4) is 0 Å². The lowest BCUT2D eigenvalue weighted by atomic mass is 10.0. The zero-order valence-electron chi connectivity index (χ0n) is 23.8. The van der Waals surface area contributed by atoms with Gasteiger partial charge in [-0.2, -0.15) is 8.78 Å². The average molecular weight is 617 g/mol. The number of furan rings is 1. The standard InChI is InChI=1S/C31H27F3N8O3/c32-30(33)42-38-27(37-39-42)26(19-4-2-1-3-5-19)40-12-14-41(15-13-40)28(43)23-17-20(8-11-35-23)25-18-21-16-22(6-7-24(21)45-25)36-29(44)31(34)9-10-31/h1-8,11,16-18,26,30H,9-10,12-15H2,(H,36,44). The van der Waals surface area contributed by atoms with Crippen molar-refractivity contribution in [3.8, 4) is 11.3 Å². The van der Waals surface area contributed by atoms with Crippen molar-refractivity contribution in [1.82, 2.24) is 35.0 Å². The SMILES string of the molecule is O=C(c1cc(-c2cc3cc(NC(=O)C4(F)CC4)ccc3o2)ccn1)N1CCN(C(c2ccccc2)c2nnn(C(F)F)n2)CC1. The highest BCUT2D eigenvalue weighted by atomic mass is 19.3. The van der Waals surface area contributed by atoms with Gasteiger partial charge in [-0.3, -0.25) is 19.5 Å². The van der Waals surface area contributed by atoms with Crippen LogP contribution in [0.1, 0.15) is 47.3 Å². The molecule has 2 aromatic carbocycles. The lowest BCUT2D eigenvalue weighted by Crippen LogP contribution is -2.50. The number of alkyl halides is 3. The van der Waals surface area contributed by atoms with Crippen LogP contribution in [0.25, 0.3) is 22.3 Å². The van der Waals surface area contributed by atoms with Gasteiger partial charge in [0.1, 0.15) is 17.0 Å². The molecule has 0 bridgehead atoms. The Labute approximate surface area is 254 Å². The molecule has 11 nitrogen and oxygen atoms in total. The Morgan fingerprint density at radius 1 is 0.956 bits per heavy atom. The second-order valence-electron chi connectivity index (χ2n) is 11.1. The molecule has 1 unspecified atom stereocenters. The van der Waals surface area contributed by atoms with E-state index in [0.29, 0.717) is 54.2 Å². The van der Waals surface area contributed by atoms with Gasteiger partial charge in [0, 0.05) is 49.0 Å². The van der Waals surface area contributed by atoms with Crippen LogP contribution in [0.5, 0.6) is 0 Å². The third kappa shape index (κ3) is 5.76. The Bertz CT molecular complexity index is 1870. The van der Waals surface area contributed by atoms with E-state index < -0.39 is 24.2 Å². The second-order valence-corrected chi connectivity index (χ2v) is 11.1. The van der Waals surface area contributed by atoms with Gasteiger partial charge in [-0.05, 0) is 60.0 Å². The Hall–Kier alpha value is -5.11. The zero-order valence-corrected chi connectivity index (χ0v) is 23.8. The van der Waals surface area contributed by atoms with Gasteiger partial charge in [-0.25, -0.2) is 4.39 Å². The topological polar surface area (TPSA) is 122 Å². The number of fused-ring (bicyclic) bond motifs is 1. The van der Waals surface area contributed by atoms with Gasteiger partial charge in [0.25, 0.3) is 11.8 Å². The van der Waals surface area contributed by atoms with E-state index in [4.69, 9.17) is 4.42 Å². The van der Waals surface area contributed by atoms with E-state index in [9.17, 15) is 22.8 Å². The molecule has 14 heteroatoms. The molecule has 0 spiro atoms. The number of amides is 2. The van der Waals surface area contributed by atoms with Crippen molar-refractivity contribution in [2.75, 3.05) is 31.5 Å². The molecule has 1 saturated carbocycles. The summed E-state index contributed by atoms with van der Waals surface area (Å²) in [6.45, 7) is -1.27. The van der Waals surface area contributed by atoms with Crippen molar-refractivity contribution in [3.05, 3.63) is 90.0 Å². The molecule has 3 aromatic heterocycles. The minimum Gasteiger partial charge on any atom is -0.456 e. The number of pyridine rings is 1. The number of nitrogens with one attached hydrogen (secondary N) is 1. The van der Waals surface area contributed by atoms with E-state index in [-0.39, 0.29) is 35.1 Å². The first-order valence-corrected chi connectivity index (χ1v) is 14.4. The molecule has 1 N–H and O–H groups in total. The summed E-state index contributed by atoms with van der Waals surface area (Å²) in [7, 11) is 0. The summed E-state index contributed by atoms with van der Waals surface area (Å²) in [5, 5.41) is 14.7. The Balaban J connectivity index is 1.05. The van der Waals surface area contributed by atoms with Crippen LogP contribution in [0, 0.1) is 0 Å². The molecule has 45 heavy (non-hydrogen) atoms. The number of aromatic nitrogens is 5. The van der Waals surface area contributed by atoms with Crippen molar-refractivity contribution in [2.24, 2.45) is 0 Å². The van der Waals surface area contributed by atoms with Crippen LogP contribution in [0.4, 0.5) is 18.9 Å². The molecule has 2 fully saturated rings. The van der Waals surface area contributed by atoms with Crippen molar-refractivity contribution in [3.63, 3.8) is 0 Å². The third-order valence-corrected chi connectivity index (χ3v) is 8.08. The lowest BCUT2D eigenvalue weighted by molar-refractivity contribution is -0.122. The van der Waals surface area contributed by atoms with Gasteiger partial charge in [0.2, 0.25) is 0 Å². The van der Waals surface area contributed by atoms with Crippen LogP contribution < -0.4 is 5.32 Å². The maximum atomic E-state index is 14.1. The van der Waals surface area contributed by atoms with E-state index in [2.05, 4.69) is 25.7 Å². The number of tetrazole rings is 1. The maximum Gasteiger partial charge on any atom is 0.350 e. The van der Waals surface area contributed by atoms with E-state index in [0.717, 1.165) is 5.56 Å². The molecular formula is C31H27F3N8O3. The summed E-state index contributed by atoms with van der Waals surface area (Å²) >= 11 is 0. The van der Waals surface area contributed by atoms with Gasteiger partial charge < -0.3 is 14.6 Å². The van der Waals surface area contributed by atoms with Crippen molar-refractivity contribution >= 4 is 28.5 Å². The summed E-state index contributed by atoms with van der Waals surface area (Å²) < 4.78 is 46.4. The van der Waals surface area contributed by atoms with Gasteiger partial charge >= 0.3 is 6.55 Å². The van der Waals surface area contributed by atoms with Gasteiger partial charge in [-0.15, -0.1) is 10.2 Å². The Morgan fingerprint density at radius 3 is 2.44 bits per heavy atom. The fraction of sp³-hybridized carbons (Fsp3) is 0.290. The number of benzene rings is 2. The quantitative estimate of drug-likeness (QED) is 0.262. The maximum absolute atomic E-state index is 14.1. The molecule has 230 valence electrons. The average Bonchev–Trinajstić information content (AvgIpc) is 3.43. The molecule has 2 aliphatic rings. The molecule has 1 saturated heterocycles. The minimum absolute atomic E-state index is 0.158. The zero-order chi connectivity index (χ0) is 31.1. The monoisotopic (exact) mass is 616 g/mol. The first kappa shape index (κ1) is 28.6. The Morgan fingerprint density at radius 2 is 1.73 bits per heavy atom. The first-order valence-electron chi connectivity index (χ1n) is 14.4. The van der Waals surface area contributed by atoms with Gasteiger partial charge in [0.15, 0.2) is 11.5 Å². The van der Waals surface area contributed by atoms with E-state index in [1.165, 1.54) is 6.20 Å². The largest absolute Gasteiger partial charge is 0.456 e. The smallest absolute Gasteiger partial charge is 0.350 e. The van der Waals surface area contributed by atoms with Crippen LogP contribution in [-0.4, -0.2) is 78.7 Å². The molecule has 0 radical (unpaired) electrons.